The number of rotatable bonds is 8. The predicted molar refractivity (Wildman–Crippen MR) is 140 cm³/mol. The zero-order chi connectivity index (χ0) is 25.5. The highest BCUT2D eigenvalue weighted by molar-refractivity contribution is 7.86. The molecule has 0 bridgehead atoms. The number of halogens is 1. The molecule has 0 spiro atoms. The minimum Gasteiger partial charge on any atom is -0.383 e. The Balaban J connectivity index is 1.17. The van der Waals surface area contributed by atoms with Gasteiger partial charge >= 0.3 is 10.1 Å². The third kappa shape index (κ3) is 7.90. The monoisotopic (exact) mass is 514 g/mol. The number of amides is 1. The summed E-state index contributed by atoms with van der Waals surface area (Å²) in [6.45, 7) is 3.00. The van der Waals surface area contributed by atoms with Gasteiger partial charge in [0.1, 0.15) is 11.6 Å². The highest BCUT2D eigenvalue weighted by atomic mass is 32.2. The lowest BCUT2D eigenvalue weighted by molar-refractivity contribution is -0.117. The Morgan fingerprint density at radius 3 is 2.53 bits per heavy atom. The van der Waals surface area contributed by atoms with Gasteiger partial charge in [0.05, 0.1) is 6.26 Å². The van der Waals surface area contributed by atoms with Gasteiger partial charge in [0, 0.05) is 30.8 Å². The van der Waals surface area contributed by atoms with Crippen LogP contribution >= 0.6 is 0 Å². The van der Waals surface area contributed by atoms with E-state index in [2.05, 4.69) is 10.2 Å². The maximum absolute atomic E-state index is 13.7. The Morgan fingerprint density at radius 1 is 1.08 bits per heavy atom. The number of carbonyl (C=O) groups excluding carboxylic acids is 1. The number of nitrogens with zero attached hydrogens (tertiary/aromatic N) is 1. The average molecular weight is 515 g/mol. The first-order chi connectivity index (χ1) is 17.2. The fraction of sp³-hybridized carbons (Fsp3) is 0.464. The molecule has 8 heteroatoms. The van der Waals surface area contributed by atoms with Crippen LogP contribution in [0.2, 0.25) is 0 Å². The van der Waals surface area contributed by atoms with E-state index in [9.17, 15) is 17.6 Å². The summed E-state index contributed by atoms with van der Waals surface area (Å²) in [5, 5.41) is 3.07. The van der Waals surface area contributed by atoms with Crippen molar-refractivity contribution in [1.82, 2.24) is 10.2 Å². The van der Waals surface area contributed by atoms with E-state index in [1.165, 1.54) is 29.3 Å². The van der Waals surface area contributed by atoms with Gasteiger partial charge in [0.25, 0.3) is 0 Å². The summed E-state index contributed by atoms with van der Waals surface area (Å²) in [5.74, 6) is 0.542. The maximum Gasteiger partial charge on any atom is 0.306 e. The van der Waals surface area contributed by atoms with Gasteiger partial charge in [0.15, 0.2) is 0 Å². The molecule has 0 radical (unpaired) electrons. The number of nitrogens with one attached hydrogen (secondary N) is 1. The van der Waals surface area contributed by atoms with Gasteiger partial charge in [0.2, 0.25) is 5.91 Å². The lowest BCUT2D eigenvalue weighted by atomic mass is 9.84. The number of hydrogen-bond donors (Lipinski definition) is 1. The van der Waals surface area contributed by atoms with Crippen molar-refractivity contribution >= 4 is 22.1 Å². The topological polar surface area (TPSA) is 75.7 Å². The molecule has 0 unspecified atom stereocenters. The number of carbonyl (C=O) groups is 1. The van der Waals surface area contributed by atoms with Gasteiger partial charge in [-0.3, -0.25) is 4.79 Å². The first-order valence-corrected chi connectivity index (χ1v) is 14.5. The molecular formula is C28H35FN2O4S. The standard InChI is InChI=1S/C28H35FN2O4S/c1-36(33,34)35-26-12-8-22-15-18-31(19-16-24(22)20-26)17-14-21-6-10-25(11-7-21)30-28(32)13-9-23-4-2-3-5-27(23)29/h2-5,8-9,12-13,20-21,25H,6-7,10-11,14-19H2,1H3,(H,30,32)/b13-9+. The Labute approximate surface area is 213 Å². The summed E-state index contributed by atoms with van der Waals surface area (Å²) in [5.41, 5.74) is 2.84. The van der Waals surface area contributed by atoms with Crippen molar-refractivity contribution in [3.05, 3.63) is 71.0 Å². The van der Waals surface area contributed by atoms with Crippen LogP contribution in [0.5, 0.6) is 5.75 Å². The van der Waals surface area contributed by atoms with Gasteiger partial charge in [-0.15, -0.1) is 0 Å². The zero-order valence-corrected chi connectivity index (χ0v) is 21.6. The van der Waals surface area contributed by atoms with Gasteiger partial charge in [-0.25, -0.2) is 4.39 Å². The largest absolute Gasteiger partial charge is 0.383 e. The lowest BCUT2D eigenvalue weighted by Gasteiger charge is -2.30. The molecule has 0 atom stereocenters. The molecular weight excluding hydrogens is 479 g/mol. The van der Waals surface area contributed by atoms with Crippen molar-refractivity contribution in [2.24, 2.45) is 5.92 Å². The summed E-state index contributed by atoms with van der Waals surface area (Å²) in [7, 11) is -3.52. The van der Waals surface area contributed by atoms with Crippen LogP contribution in [0.3, 0.4) is 0 Å². The zero-order valence-electron chi connectivity index (χ0n) is 20.8. The van der Waals surface area contributed by atoms with Crippen LogP contribution in [-0.4, -0.2) is 51.2 Å². The quantitative estimate of drug-likeness (QED) is 0.419. The summed E-state index contributed by atoms with van der Waals surface area (Å²) < 4.78 is 41.6. The minimum absolute atomic E-state index is 0.170. The van der Waals surface area contributed by atoms with Gasteiger partial charge in [-0.1, -0.05) is 24.3 Å². The fourth-order valence-corrected chi connectivity index (χ4v) is 5.64. The summed E-state index contributed by atoms with van der Waals surface area (Å²) in [6, 6.07) is 12.2. The fourth-order valence-electron chi connectivity index (χ4n) is 5.18. The molecule has 1 fully saturated rings. The summed E-state index contributed by atoms with van der Waals surface area (Å²) >= 11 is 0. The molecule has 2 aliphatic rings. The van der Waals surface area contributed by atoms with Gasteiger partial charge < -0.3 is 14.4 Å². The molecule has 1 N–H and O–H groups in total. The van der Waals surface area contributed by atoms with Gasteiger partial charge in [-0.2, -0.15) is 8.42 Å². The third-order valence-corrected chi connectivity index (χ3v) is 7.68. The maximum atomic E-state index is 13.7. The normalized spacial score (nSPS) is 21.1. The number of fused-ring (bicyclic) bond motifs is 1. The summed E-state index contributed by atoms with van der Waals surface area (Å²) in [4.78, 5) is 14.8. The highest BCUT2D eigenvalue weighted by Crippen LogP contribution is 2.28. The SMILES string of the molecule is CS(=O)(=O)Oc1ccc2c(c1)CCN(CCC1CCC(NC(=O)/C=C/c3ccccc3F)CC1)CC2. The van der Waals surface area contributed by atoms with Crippen molar-refractivity contribution in [2.45, 2.75) is 51.0 Å². The molecule has 4 rings (SSSR count). The second-order valence-electron chi connectivity index (χ2n) is 9.93. The molecule has 1 saturated carbocycles. The van der Waals surface area contributed by atoms with Crippen LogP contribution in [-0.2, 0) is 27.8 Å². The highest BCUT2D eigenvalue weighted by Gasteiger charge is 2.23. The molecule has 1 amide bonds. The average Bonchev–Trinajstić information content (AvgIpc) is 3.04. The molecule has 1 aliphatic carbocycles. The van der Waals surface area contributed by atoms with E-state index in [0.717, 1.165) is 70.8 Å². The summed E-state index contributed by atoms with van der Waals surface area (Å²) in [6.07, 6.45) is 11.1. The van der Waals surface area contributed by atoms with Crippen molar-refractivity contribution in [3.63, 3.8) is 0 Å². The third-order valence-electron chi connectivity index (χ3n) is 7.19. The first kappa shape index (κ1) is 26.4. The molecule has 2 aromatic carbocycles. The number of benzene rings is 2. The van der Waals surface area contributed by atoms with Crippen LogP contribution in [0.15, 0.2) is 48.5 Å². The smallest absolute Gasteiger partial charge is 0.306 e. The van der Waals surface area contributed by atoms with Crippen molar-refractivity contribution in [1.29, 1.82) is 0 Å². The lowest BCUT2D eigenvalue weighted by Crippen LogP contribution is -2.37. The van der Waals surface area contributed by atoms with E-state index in [4.69, 9.17) is 4.18 Å². The second-order valence-corrected chi connectivity index (χ2v) is 11.5. The van der Waals surface area contributed by atoms with Crippen LogP contribution in [0.4, 0.5) is 4.39 Å². The van der Waals surface area contributed by atoms with Crippen LogP contribution in [0, 0.1) is 11.7 Å². The molecule has 0 saturated heterocycles. The van der Waals surface area contributed by atoms with Crippen molar-refractivity contribution in [3.8, 4) is 5.75 Å². The van der Waals surface area contributed by atoms with Crippen LogP contribution in [0.1, 0.15) is 48.8 Å². The van der Waals surface area contributed by atoms with E-state index < -0.39 is 10.1 Å². The molecule has 0 aromatic heterocycles. The Morgan fingerprint density at radius 2 is 1.81 bits per heavy atom. The van der Waals surface area contributed by atoms with Crippen molar-refractivity contribution in [2.75, 3.05) is 25.9 Å². The van der Waals surface area contributed by atoms with Crippen molar-refractivity contribution < 1.29 is 21.8 Å². The Bertz CT molecular complexity index is 1190. The molecule has 194 valence electrons. The van der Waals surface area contributed by atoms with E-state index >= 15 is 0 Å². The van der Waals surface area contributed by atoms with E-state index in [1.54, 1.807) is 24.3 Å². The molecule has 6 nitrogen and oxygen atoms in total. The molecule has 36 heavy (non-hydrogen) atoms. The van der Waals surface area contributed by atoms with Crippen LogP contribution < -0.4 is 9.50 Å². The number of hydrogen-bond acceptors (Lipinski definition) is 5. The first-order valence-electron chi connectivity index (χ1n) is 12.7. The van der Waals surface area contributed by atoms with Crippen LogP contribution in [0.25, 0.3) is 6.08 Å². The molecule has 1 aliphatic heterocycles. The Hall–Kier alpha value is -2.71. The molecule has 2 aromatic rings. The predicted octanol–water partition coefficient (Wildman–Crippen LogP) is 4.34. The Kier molecular flexibility index (Phi) is 8.80. The minimum atomic E-state index is -3.52. The van der Waals surface area contributed by atoms with E-state index in [0.29, 0.717) is 17.2 Å². The van der Waals surface area contributed by atoms with E-state index in [-0.39, 0.29) is 17.8 Å². The molecule has 1 heterocycles. The van der Waals surface area contributed by atoms with Gasteiger partial charge in [-0.05, 0) is 92.8 Å². The van der Waals surface area contributed by atoms with E-state index in [1.807, 2.05) is 12.1 Å². The second kappa shape index (κ2) is 12.0.